The van der Waals surface area contributed by atoms with E-state index in [4.69, 9.17) is 0 Å². The minimum atomic E-state index is 0.926. The lowest BCUT2D eigenvalue weighted by Gasteiger charge is -2.17. The van der Waals surface area contributed by atoms with Gasteiger partial charge < -0.3 is 5.32 Å². The van der Waals surface area contributed by atoms with Crippen molar-refractivity contribution in [3.63, 3.8) is 0 Å². The maximum Gasteiger partial charge on any atom is 0.0767 e. The van der Waals surface area contributed by atoms with Gasteiger partial charge in [-0.1, -0.05) is 13.8 Å². The van der Waals surface area contributed by atoms with Crippen LogP contribution in [0.5, 0.6) is 0 Å². The first-order valence-electron chi connectivity index (χ1n) is 7.27. The lowest BCUT2D eigenvalue weighted by atomic mass is 10.3. The summed E-state index contributed by atoms with van der Waals surface area (Å²) in [5.74, 6) is 0. The zero-order chi connectivity index (χ0) is 14.3. The first-order chi connectivity index (χ1) is 9.13. The zero-order valence-electron chi connectivity index (χ0n) is 12.7. The lowest BCUT2D eigenvalue weighted by Crippen LogP contribution is -2.30. The number of nitrogens with one attached hydrogen (secondary N) is 1. The van der Waals surface area contributed by atoms with Crippen molar-refractivity contribution < 1.29 is 0 Å². The van der Waals surface area contributed by atoms with Crippen molar-refractivity contribution in [2.75, 3.05) is 26.7 Å². The molecule has 0 aliphatic carbocycles. The van der Waals surface area contributed by atoms with Gasteiger partial charge in [-0.2, -0.15) is 5.10 Å². The highest BCUT2D eigenvalue weighted by atomic mass is 79.9. The molecule has 1 aromatic rings. The Hall–Kier alpha value is -0.390. The molecule has 0 saturated heterocycles. The van der Waals surface area contributed by atoms with E-state index in [1.165, 1.54) is 16.6 Å². The van der Waals surface area contributed by atoms with Crippen LogP contribution in [0.15, 0.2) is 4.47 Å². The van der Waals surface area contributed by atoms with Gasteiger partial charge in [0.05, 0.1) is 15.9 Å². The summed E-state index contributed by atoms with van der Waals surface area (Å²) in [4.78, 5) is 2.34. The number of aryl methyl sites for hydroxylation is 2. The van der Waals surface area contributed by atoms with Crippen LogP contribution in [-0.4, -0.2) is 41.4 Å². The Morgan fingerprint density at radius 2 is 2.00 bits per heavy atom. The predicted octanol–water partition coefficient (Wildman–Crippen LogP) is 2.66. The van der Waals surface area contributed by atoms with Crippen molar-refractivity contribution in [2.45, 2.75) is 46.7 Å². The molecule has 0 saturated carbocycles. The topological polar surface area (TPSA) is 33.1 Å². The fraction of sp³-hybridized carbons (Fsp3) is 0.786. The van der Waals surface area contributed by atoms with Crippen LogP contribution < -0.4 is 5.32 Å². The molecule has 0 amide bonds. The van der Waals surface area contributed by atoms with E-state index in [1.54, 1.807) is 0 Å². The van der Waals surface area contributed by atoms with E-state index >= 15 is 0 Å². The fourth-order valence-corrected chi connectivity index (χ4v) is 2.76. The molecular formula is C14H27BrN4. The van der Waals surface area contributed by atoms with Crippen molar-refractivity contribution in [2.24, 2.45) is 0 Å². The Labute approximate surface area is 125 Å². The van der Waals surface area contributed by atoms with Crippen LogP contribution in [0.4, 0.5) is 0 Å². The molecule has 0 aliphatic rings. The molecule has 1 N–H and O–H groups in total. The summed E-state index contributed by atoms with van der Waals surface area (Å²) in [6, 6.07) is 0. The standard InChI is InChI=1S/C14H27BrN4/c1-5-8-16-9-10-18(4)11-13-14(15)12(6-2)17-19(13)7-3/h16H,5-11H2,1-4H3. The molecule has 110 valence electrons. The average molecular weight is 331 g/mol. The molecule has 0 aliphatic heterocycles. The number of halogens is 1. The Morgan fingerprint density at radius 1 is 1.26 bits per heavy atom. The van der Waals surface area contributed by atoms with Crippen LogP contribution in [-0.2, 0) is 19.5 Å². The van der Waals surface area contributed by atoms with Crippen molar-refractivity contribution in [3.05, 3.63) is 15.9 Å². The molecule has 1 heterocycles. The number of likely N-dealkylation sites (N-methyl/N-ethyl adjacent to an activating group) is 1. The van der Waals surface area contributed by atoms with E-state index in [0.717, 1.165) is 44.8 Å². The fourth-order valence-electron chi connectivity index (χ4n) is 2.07. The van der Waals surface area contributed by atoms with Crippen LogP contribution in [0.2, 0.25) is 0 Å². The summed E-state index contributed by atoms with van der Waals surface area (Å²) in [6.07, 6.45) is 2.17. The molecule has 19 heavy (non-hydrogen) atoms. The van der Waals surface area contributed by atoms with Crippen molar-refractivity contribution in [1.82, 2.24) is 20.0 Å². The predicted molar refractivity (Wildman–Crippen MR) is 84.5 cm³/mol. The van der Waals surface area contributed by atoms with Gasteiger partial charge in [-0.15, -0.1) is 0 Å². The molecule has 0 spiro atoms. The molecule has 0 fully saturated rings. The van der Waals surface area contributed by atoms with Crippen LogP contribution in [0, 0.1) is 0 Å². The Balaban J connectivity index is 2.57. The second kappa shape index (κ2) is 8.72. The summed E-state index contributed by atoms with van der Waals surface area (Å²) in [5, 5.41) is 8.07. The summed E-state index contributed by atoms with van der Waals surface area (Å²) >= 11 is 3.70. The van der Waals surface area contributed by atoms with E-state index in [9.17, 15) is 0 Å². The number of hydrogen-bond acceptors (Lipinski definition) is 3. The minimum absolute atomic E-state index is 0.926. The van der Waals surface area contributed by atoms with E-state index in [0.29, 0.717) is 0 Å². The molecular weight excluding hydrogens is 304 g/mol. The van der Waals surface area contributed by atoms with Crippen LogP contribution >= 0.6 is 15.9 Å². The van der Waals surface area contributed by atoms with Crippen molar-refractivity contribution in [3.8, 4) is 0 Å². The largest absolute Gasteiger partial charge is 0.315 e. The monoisotopic (exact) mass is 330 g/mol. The van der Waals surface area contributed by atoms with Crippen molar-refractivity contribution in [1.29, 1.82) is 0 Å². The van der Waals surface area contributed by atoms with Gasteiger partial charge in [0.25, 0.3) is 0 Å². The minimum Gasteiger partial charge on any atom is -0.315 e. The normalized spacial score (nSPS) is 11.5. The highest BCUT2D eigenvalue weighted by Crippen LogP contribution is 2.23. The summed E-state index contributed by atoms with van der Waals surface area (Å²) in [6.45, 7) is 11.6. The van der Waals surface area contributed by atoms with Crippen LogP contribution in [0.25, 0.3) is 0 Å². The Kier molecular flexibility index (Phi) is 7.64. The van der Waals surface area contributed by atoms with Gasteiger partial charge in [-0.3, -0.25) is 9.58 Å². The van der Waals surface area contributed by atoms with Gasteiger partial charge in [0, 0.05) is 26.2 Å². The Bertz CT molecular complexity index is 376. The van der Waals surface area contributed by atoms with Gasteiger partial charge in [-0.25, -0.2) is 0 Å². The highest BCUT2D eigenvalue weighted by Gasteiger charge is 2.15. The van der Waals surface area contributed by atoms with E-state index in [1.807, 2.05) is 0 Å². The smallest absolute Gasteiger partial charge is 0.0767 e. The first-order valence-corrected chi connectivity index (χ1v) is 8.06. The third-order valence-corrected chi connectivity index (χ3v) is 4.13. The molecule has 4 nitrogen and oxygen atoms in total. The summed E-state index contributed by atoms with van der Waals surface area (Å²) < 4.78 is 3.30. The molecule has 0 atom stereocenters. The summed E-state index contributed by atoms with van der Waals surface area (Å²) in [7, 11) is 2.17. The third kappa shape index (κ3) is 4.89. The maximum absolute atomic E-state index is 4.64. The first kappa shape index (κ1) is 16.7. The van der Waals surface area contributed by atoms with Crippen LogP contribution in [0.1, 0.15) is 38.6 Å². The molecule has 0 aromatic carbocycles. The maximum atomic E-state index is 4.64. The molecule has 0 bridgehead atoms. The quantitative estimate of drug-likeness (QED) is 0.706. The van der Waals surface area contributed by atoms with Gasteiger partial charge in [0.15, 0.2) is 0 Å². The van der Waals surface area contributed by atoms with E-state index in [2.05, 4.69) is 63.7 Å². The molecule has 1 rings (SSSR count). The SMILES string of the molecule is CCCNCCN(C)Cc1c(Br)c(CC)nn1CC. The number of nitrogens with zero attached hydrogens (tertiary/aromatic N) is 3. The molecule has 0 unspecified atom stereocenters. The molecule has 0 radical (unpaired) electrons. The third-order valence-electron chi connectivity index (χ3n) is 3.21. The Morgan fingerprint density at radius 3 is 2.58 bits per heavy atom. The molecule has 5 heteroatoms. The van der Waals surface area contributed by atoms with E-state index < -0.39 is 0 Å². The van der Waals surface area contributed by atoms with Gasteiger partial charge in [0.1, 0.15) is 0 Å². The van der Waals surface area contributed by atoms with E-state index in [-0.39, 0.29) is 0 Å². The number of rotatable bonds is 9. The number of hydrogen-bond donors (Lipinski definition) is 1. The van der Waals surface area contributed by atoms with Gasteiger partial charge in [-0.05, 0) is 49.3 Å². The lowest BCUT2D eigenvalue weighted by molar-refractivity contribution is 0.313. The highest BCUT2D eigenvalue weighted by molar-refractivity contribution is 9.10. The number of aromatic nitrogens is 2. The van der Waals surface area contributed by atoms with Gasteiger partial charge in [0.2, 0.25) is 0 Å². The van der Waals surface area contributed by atoms with Crippen molar-refractivity contribution >= 4 is 15.9 Å². The zero-order valence-corrected chi connectivity index (χ0v) is 14.3. The van der Waals surface area contributed by atoms with Gasteiger partial charge >= 0.3 is 0 Å². The second-order valence-electron chi connectivity index (χ2n) is 4.86. The van der Waals surface area contributed by atoms with Crippen LogP contribution in [0.3, 0.4) is 0 Å². The molecule has 1 aromatic heterocycles. The summed E-state index contributed by atoms with van der Waals surface area (Å²) in [5.41, 5.74) is 2.45. The second-order valence-corrected chi connectivity index (χ2v) is 5.66. The average Bonchev–Trinajstić information content (AvgIpc) is 2.71.